The van der Waals surface area contributed by atoms with Crippen LogP contribution >= 0.6 is 11.3 Å². The van der Waals surface area contributed by atoms with Crippen LogP contribution in [0, 0.1) is 5.92 Å². The van der Waals surface area contributed by atoms with E-state index in [0.29, 0.717) is 6.54 Å². The maximum absolute atomic E-state index is 11.7. The quantitative estimate of drug-likeness (QED) is 0.734. The normalized spacial score (nSPS) is 16.0. The van der Waals surface area contributed by atoms with E-state index < -0.39 is 6.10 Å². The van der Waals surface area contributed by atoms with E-state index in [-0.39, 0.29) is 12.5 Å². The van der Waals surface area contributed by atoms with Crippen molar-refractivity contribution in [2.45, 2.75) is 18.9 Å². The molecular weight excluding hydrogens is 284 g/mol. The van der Waals surface area contributed by atoms with Crippen molar-refractivity contribution in [2.75, 3.05) is 19.6 Å². The van der Waals surface area contributed by atoms with Gasteiger partial charge >= 0.3 is 0 Å². The van der Waals surface area contributed by atoms with Gasteiger partial charge in [-0.15, -0.1) is 11.3 Å². The van der Waals surface area contributed by atoms with Crippen LogP contribution in [0.25, 0.3) is 10.1 Å². The van der Waals surface area contributed by atoms with E-state index in [4.69, 9.17) is 0 Å². The molecule has 0 radical (unpaired) electrons. The Bertz CT molecular complexity index is 589. The van der Waals surface area contributed by atoms with Crippen LogP contribution < -0.4 is 10.6 Å². The third-order valence-electron chi connectivity index (χ3n) is 3.68. The third kappa shape index (κ3) is 4.03. The number of hydrogen-bond acceptors (Lipinski definition) is 4. The lowest BCUT2D eigenvalue weighted by molar-refractivity contribution is -0.120. The molecule has 0 spiro atoms. The highest BCUT2D eigenvalue weighted by atomic mass is 32.1. The highest BCUT2D eigenvalue weighted by molar-refractivity contribution is 7.19. The molecule has 1 heterocycles. The second-order valence-corrected chi connectivity index (χ2v) is 6.70. The number of aliphatic hydroxyl groups is 1. The van der Waals surface area contributed by atoms with E-state index in [9.17, 15) is 9.90 Å². The van der Waals surface area contributed by atoms with E-state index >= 15 is 0 Å². The number of hydrogen-bond donors (Lipinski definition) is 3. The van der Waals surface area contributed by atoms with Crippen LogP contribution in [0.3, 0.4) is 0 Å². The molecular formula is C16H20N2O2S. The van der Waals surface area contributed by atoms with E-state index in [0.717, 1.165) is 27.4 Å². The van der Waals surface area contributed by atoms with Crippen LogP contribution in [-0.2, 0) is 4.79 Å². The van der Waals surface area contributed by atoms with E-state index in [1.807, 2.05) is 30.3 Å². The van der Waals surface area contributed by atoms with Gasteiger partial charge in [-0.3, -0.25) is 4.79 Å². The molecule has 21 heavy (non-hydrogen) atoms. The summed E-state index contributed by atoms with van der Waals surface area (Å²) in [6, 6.07) is 10.0. The van der Waals surface area contributed by atoms with Gasteiger partial charge in [-0.1, -0.05) is 18.2 Å². The number of carbonyl (C=O) groups is 1. The van der Waals surface area contributed by atoms with Gasteiger partial charge in [-0.25, -0.2) is 0 Å². The van der Waals surface area contributed by atoms with Crippen LogP contribution in [0.5, 0.6) is 0 Å². The lowest BCUT2D eigenvalue weighted by atomic mass is 10.2. The Kier molecular flexibility index (Phi) is 4.53. The number of aliphatic hydroxyl groups excluding tert-OH is 1. The molecule has 1 aromatic carbocycles. The van der Waals surface area contributed by atoms with Gasteiger partial charge < -0.3 is 15.7 Å². The minimum absolute atomic E-state index is 0.0594. The molecule has 2 aromatic rings. The minimum atomic E-state index is -0.644. The maximum Gasteiger partial charge on any atom is 0.234 e. The molecule has 1 aliphatic carbocycles. The van der Waals surface area contributed by atoms with Crippen LogP contribution in [0.1, 0.15) is 23.8 Å². The standard InChI is InChI=1S/C16H20N2O2S/c19-13(9-18-16(20)10-17-8-11-5-6-11)15-7-12-3-1-2-4-14(12)21-15/h1-4,7,11,13,17,19H,5-6,8-10H2,(H,18,20). The van der Waals surface area contributed by atoms with Crippen molar-refractivity contribution < 1.29 is 9.90 Å². The zero-order valence-electron chi connectivity index (χ0n) is 11.8. The summed E-state index contributed by atoms with van der Waals surface area (Å²) in [5.74, 6) is 0.706. The molecule has 1 aromatic heterocycles. The molecule has 1 unspecified atom stereocenters. The minimum Gasteiger partial charge on any atom is -0.386 e. The first-order valence-corrected chi connectivity index (χ1v) is 8.18. The Morgan fingerprint density at radius 2 is 2.19 bits per heavy atom. The van der Waals surface area contributed by atoms with E-state index in [2.05, 4.69) is 10.6 Å². The first-order valence-electron chi connectivity index (χ1n) is 7.36. The Morgan fingerprint density at radius 1 is 1.38 bits per heavy atom. The summed E-state index contributed by atoms with van der Waals surface area (Å²) in [7, 11) is 0. The van der Waals surface area contributed by atoms with Crippen molar-refractivity contribution >= 4 is 27.3 Å². The average molecular weight is 304 g/mol. The van der Waals surface area contributed by atoms with Gasteiger partial charge in [0.2, 0.25) is 5.91 Å². The van der Waals surface area contributed by atoms with Gasteiger partial charge in [0.25, 0.3) is 0 Å². The van der Waals surface area contributed by atoms with Crippen LogP contribution in [-0.4, -0.2) is 30.6 Å². The Hall–Kier alpha value is -1.43. The largest absolute Gasteiger partial charge is 0.386 e. The van der Waals surface area contributed by atoms with Gasteiger partial charge in [0.05, 0.1) is 6.54 Å². The monoisotopic (exact) mass is 304 g/mol. The van der Waals surface area contributed by atoms with Crippen molar-refractivity contribution in [2.24, 2.45) is 5.92 Å². The summed E-state index contributed by atoms with van der Waals surface area (Å²) in [6.07, 6.45) is 1.91. The van der Waals surface area contributed by atoms with Crippen molar-refractivity contribution in [1.82, 2.24) is 10.6 Å². The molecule has 3 rings (SSSR count). The number of thiophene rings is 1. The first-order chi connectivity index (χ1) is 10.2. The molecule has 112 valence electrons. The summed E-state index contributed by atoms with van der Waals surface area (Å²) in [6.45, 7) is 1.51. The third-order valence-corrected chi connectivity index (χ3v) is 4.90. The predicted molar refractivity (Wildman–Crippen MR) is 85.4 cm³/mol. The van der Waals surface area contributed by atoms with Crippen LogP contribution in [0.2, 0.25) is 0 Å². The lowest BCUT2D eigenvalue weighted by Gasteiger charge is -2.10. The Balaban J connectivity index is 1.46. The number of fused-ring (bicyclic) bond motifs is 1. The lowest BCUT2D eigenvalue weighted by Crippen LogP contribution is -2.36. The Morgan fingerprint density at radius 3 is 2.95 bits per heavy atom. The number of rotatable bonds is 7. The zero-order chi connectivity index (χ0) is 14.7. The molecule has 3 N–H and O–H groups in total. The average Bonchev–Trinajstić information content (AvgIpc) is 3.20. The second kappa shape index (κ2) is 6.56. The summed E-state index contributed by atoms with van der Waals surface area (Å²) in [5.41, 5.74) is 0. The maximum atomic E-state index is 11.7. The fraction of sp³-hybridized carbons (Fsp3) is 0.438. The van der Waals surface area contributed by atoms with E-state index in [1.54, 1.807) is 11.3 Å². The van der Waals surface area contributed by atoms with Crippen LogP contribution in [0.15, 0.2) is 30.3 Å². The SMILES string of the molecule is O=C(CNCC1CC1)NCC(O)c1cc2ccccc2s1. The van der Waals surface area contributed by atoms with Gasteiger partial charge in [-0.2, -0.15) is 0 Å². The highest BCUT2D eigenvalue weighted by Crippen LogP contribution is 2.29. The van der Waals surface area contributed by atoms with Crippen molar-refractivity contribution in [3.8, 4) is 0 Å². The number of benzene rings is 1. The molecule has 0 bridgehead atoms. The van der Waals surface area contributed by atoms with Crippen molar-refractivity contribution in [1.29, 1.82) is 0 Å². The molecule has 5 heteroatoms. The highest BCUT2D eigenvalue weighted by Gasteiger charge is 2.20. The summed E-state index contributed by atoms with van der Waals surface area (Å²) in [4.78, 5) is 12.6. The van der Waals surface area contributed by atoms with Crippen LogP contribution in [0.4, 0.5) is 0 Å². The molecule has 1 saturated carbocycles. The van der Waals surface area contributed by atoms with Gasteiger partial charge in [0.15, 0.2) is 0 Å². The molecule has 0 saturated heterocycles. The summed E-state index contributed by atoms with van der Waals surface area (Å²) < 4.78 is 1.16. The second-order valence-electron chi connectivity index (χ2n) is 5.58. The molecule has 0 aliphatic heterocycles. The molecule has 1 amide bonds. The van der Waals surface area contributed by atoms with Gasteiger partial charge in [0, 0.05) is 16.1 Å². The topological polar surface area (TPSA) is 61.4 Å². The van der Waals surface area contributed by atoms with E-state index in [1.165, 1.54) is 12.8 Å². The zero-order valence-corrected chi connectivity index (χ0v) is 12.7. The number of amides is 1. The molecule has 4 nitrogen and oxygen atoms in total. The predicted octanol–water partition coefficient (Wildman–Crippen LogP) is 2.05. The molecule has 1 fully saturated rings. The fourth-order valence-corrected chi connectivity index (χ4v) is 3.30. The first kappa shape index (κ1) is 14.5. The number of nitrogens with one attached hydrogen (secondary N) is 2. The number of carbonyl (C=O) groups excluding carboxylic acids is 1. The summed E-state index contributed by atoms with van der Waals surface area (Å²) in [5, 5.41) is 17.2. The Labute approximate surface area is 128 Å². The van der Waals surface area contributed by atoms with Gasteiger partial charge in [-0.05, 0) is 42.8 Å². The molecule has 1 atom stereocenters. The summed E-state index contributed by atoms with van der Waals surface area (Å²) >= 11 is 1.57. The van der Waals surface area contributed by atoms with Crippen molar-refractivity contribution in [3.63, 3.8) is 0 Å². The van der Waals surface area contributed by atoms with Gasteiger partial charge in [0.1, 0.15) is 6.10 Å². The smallest absolute Gasteiger partial charge is 0.234 e. The molecule has 1 aliphatic rings. The fourth-order valence-electron chi connectivity index (χ4n) is 2.25. The van der Waals surface area contributed by atoms with Crippen molar-refractivity contribution in [3.05, 3.63) is 35.2 Å².